The second-order valence-electron chi connectivity index (χ2n) is 6.52. The van der Waals surface area contributed by atoms with Crippen LogP contribution in [0.2, 0.25) is 0 Å². The van der Waals surface area contributed by atoms with Crippen LogP contribution in [0.1, 0.15) is 11.1 Å². The summed E-state index contributed by atoms with van der Waals surface area (Å²) in [5.41, 5.74) is 2.37. The molecule has 27 heavy (non-hydrogen) atoms. The number of hydrogen-bond donors (Lipinski definition) is 0. The molecule has 0 saturated heterocycles. The van der Waals surface area contributed by atoms with Gasteiger partial charge < -0.3 is 0 Å². The molecule has 0 fully saturated rings. The zero-order valence-corrected chi connectivity index (χ0v) is 16.6. The van der Waals surface area contributed by atoms with Crippen molar-refractivity contribution in [2.45, 2.75) is 17.6 Å². The molecule has 0 spiro atoms. The van der Waals surface area contributed by atoms with Gasteiger partial charge in [0.1, 0.15) is 0 Å². The molecule has 6 heteroatoms. The lowest BCUT2D eigenvalue weighted by Crippen LogP contribution is -2.32. The number of nitrogens with zero attached hydrogens (tertiary/aromatic N) is 2. The van der Waals surface area contributed by atoms with Gasteiger partial charge in [0.25, 0.3) is 10.0 Å². The van der Waals surface area contributed by atoms with Crippen LogP contribution in [-0.2, 0) is 15.8 Å². The Hall–Kier alpha value is -2.31. The lowest BCUT2D eigenvalue weighted by atomic mass is 10.1. The first-order valence-corrected chi connectivity index (χ1v) is 11.2. The summed E-state index contributed by atoms with van der Waals surface area (Å²) in [6, 6.07) is 21.3. The number of sulfonamides is 1. The third-order valence-corrected chi connectivity index (χ3v) is 7.55. The number of thioether (sulfide) groups is 1. The molecule has 3 aromatic rings. The molecule has 0 N–H and O–H groups in total. The van der Waals surface area contributed by atoms with Gasteiger partial charge in [0.2, 0.25) is 0 Å². The minimum absolute atomic E-state index is 0.312. The van der Waals surface area contributed by atoms with Crippen LogP contribution >= 0.6 is 11.8 Å². The summed E-state index contributed by atoms with van der Waals surface area (Å²) < 4.78 is 27.8. The Morgan fingerprint density at radius 2 is 1.74 bits per heavy atom. The minimum atomic E-state index is -3.61. The molecule has 1 aliphatic heterocycles. The highest BCUT2D eigenvalue weighted by Crippen LogP contribution is 2.27. The second kappa shape index (κ2) is 7.37. The van der Waals surface area contributed by atoms with Crippen LogP contribution in [0.3, 0.4) is 0 Å². The molecule has 0 bridgehead atoms. The summed E-state index contributed by atoms with van der Waals surface area (Å²) >= 11 is 1.47. The molecule has 1 heterocycles. The van der Waals surface area contributed by atoms with Gasteiger partial charge in [-0.3, -0.25) is 4.99 Å². The van der Waals surface area contributed by atoms with E-state index in [-0.39, 0.29) is 0 Å². The normalized spacial score (nSPS) is 14.6. The molecule has 138 valence electrons. The Kier molecular flexibility index (Phi) is 4.93. The van der Waals surface area contributed by atoms with Crippen LogP contribution in [0.25, 0.3) is 10.8 Å². The summed E-state index contributed by atoms with van der Waals surface area (Å²) in [7, 11) is -3.61. The third kappa shape index (κ3) is 3.73. The first kappa shape index (κ1) is 18.1. The van der Waals surface area contributed by atoms with Crippen molar-refractivity contribution in [3.63, 3.8) is 0 Å². The van der Waals surface area contributed by atoms with Gasteiger partial charge in [-0.25, -0.2) is 12.7 Å². The van der Waals surface area contributed by atoms with E-state index in [1.54, 1.807) is 12.1 Å². The predicted octanol–water partition coefficient (Wildman–Crippen LogP) is 4.44. The van der Waals surface area contributed by atoms with Crippen molar-refractivity contribution in [2.75, 3.05) is 13.1 Å². The Labute approximate surface area is 164 Å². The first-order valence-electron chi connectivity index (χ1n) is 8.78. The zero-order valence-electron chi connectivity index (χ0n) is 15.0. The molecule has 0 aliphatic carbocycles. The van der Waals surface area contributed by atoms with E-state index in [4.69, 9.17) is 0 Å². The summed E-state index contributed by atoms with van der Waals surface area (Å²) in [6.07, 6.45) is 0. The lowest BCUT2D eigenvalue weighted by Gasteiger charge is -2.20. The monoisotopic (exact) mass is 396 g/mol. The topological polar surface area (TPSA) is 49.7 Å². The molecule has 0 radical (unpaired) electrons. The maximum atomic E-state index is 13.2. The standard InChI is InChI=1S/C21H20N2O2S2/c1-16-6-8-17(9-7-16)15-26-21-22-12-13-23(21)27(24,25)20-11-10-18-4-2-3-5-19(18)14-20/h2-11,14H,12-13,15H2,1H3. The van der Waals surface area contributed by atoms with Crippen molar-refractivity contribution in [1.82, 2.24) is 4.31 Å². The van der Waals surface area contributed by atoms with Gasteiger partial charge in [0.15, 0.2) is 5.17 Å². The molecular weight excluding hydrogens is 376 g/mol. The third-order valence-electron chi connectivity index (χ3n) is 4.56. The maximum Gasteiger partial charge on any atom is 0.265 e. The zero-order chi connectivity index (χ0) is 18.9. The van der Waals surface area contributed by atoms with E-state index in [1.807, 2.05) is 30.3 Å². The van der Waals surface area contributed by atoms with E-state index in [0.29, 0.717) is 28.9 Å². The van der Waals surface area contributed by atoms with Crippen molar-refractivity contribution in [1.29, 1.82) is 0 Å². The lowest BCUT2D eigenvalue weighted by molar-refractivity contribution is 0.540. The van der Waals surface area contributed by atoms with Crippen LogP contribution in [-0.4, -0.2) is 31.0 Å². The quantitative estimate of drug-likeness (QED) is 0.655. The molecular formula is C21H20N2O2S2. The fourth-order valence-corrected chi connectivity index (χ4v) is 5.75. The number of aryl methyl sites for hydroxylation is 1. The van der Waals surface area contributed by atoms with E-state index in [9.17, 15) is 8.42 Å². The van der Waals surface area contributed by atoms with Gasteiger partial charge in [-0.1, -0.05) is 71.9 Å². The van der Waals surface area contributed by atoms with Crippen LogP contribution < -0.4 is 0 Å². The van der Waals surface area contributed by atoms with E-state index in [0.717, 1.165) is 16.3 Å². The maximum absolute atomic E-state index is 13.2. The number of benzene rings is 3. The largest absolute Gasteiger partial charge is 0.265 e. The molecule has 1 aliphatic rings. The molecule has 3 aromatic carbocycles. The van der Waals surface area contributed by atoms with Crippen molar-refractivity contribution < 1.29 is 8.42 Å². The molecule has 4 rings (SSSR count). The number of aliphatic imine (C=N–C) groups is 1. The highest BCUT2D eigenvalue weighted by molar-refractivity contribution is 8.14. The smallest absolute Gasteiger partial charge is 0.260 e. The van der Waals surface area contributed by atoms with Crippen molar-refractivity contribution in [3.05, 3.63) is 77.9 Å². The Morgan fingerprint density at radius 1 is 1.00 bits per heavy atom. The average molecular weight is 397 g/mol. The molecule has 0 amide bonds. The van der Waals surface area contributed by atoms with Gasteiger partial charge >= 0.3 is 0 Å². The molecule has 0 aromatic heterocycles. The van der Waals surface area contributed by atoms with Gasteiger partial charge in [-0.15, -0.1) is 0 Å². The average Bonchev–Trinajstić information content (AvgIpc) is 3.17. The number of fused-ring (bicyclic) bond motifs is 1. The first-order chi connectivity index (χ1) is 13.0. The molecule has 4 nitrogen and oxygen atoms in total. The Morgan fingerprint density at radius 3 is 2.52 bits per heavy atom. The van der Waals surface area contributed by atoms with Crippen molar-refractivity contribution >= 4 is 37.7 Å². The van der Waals surface area contributed by atoms with Crippen molar-refractivity contribution in [2.24, 2.45) is 4.99 Å². The van der Waals surface area contributed by atoms with E-state index >= 15 is 0 Å². The summed E-state index contributed by atoms with van der Waals surface area (Å²) in [4.78, 5) is 4.74. The molecule has 0 unspecified atom stereocenters. The van der Waals surface area contributed by atoms with Crippen LogP contribution in [0.5, 0.6) is 0 Å². The van der Waals surface area contributed by atoms with Crippen LogP contribution in [0, 0.1) is 6.92 Å². The van der Waals surface area contributed by atoms with E-state index in [1.165, 1.54) is 21.6 Å². The van der Waals surface area contributed by atoms with E-state index < -0.39 is 10.0 Å². The fourth-order valence-electron chi connectivity index (χ4n) is 3.04. The van der Waals surface area contributed by atoms with Gasteiger partial charge in [0.05, 0.1) is 18.0 Å². The van der Waals surface area contributed by atoms with Gasteiger partial charge in [-0.05, 0) is 35.4 Å². The Bertz CT molecular complexity index is 1110. The van der Waals surface area contributed by atoms with Crippen molar-refractivity contribution in [3.8, 4) is 0 Å². The molecule has 0 atom stereocenters. The predicted molar refractivity (Wildman–Crippen MR) is 113 cm³/mol. The number of hydrogen-bond acceptors (Lipinski definition) is 4. The highest BCUT2D eigenvalue weighted by atomic mass is 32.2. The highest BCUT2D eigenvalue weighted by Gasteiger charge is 2.31. The Balaban J connectivity index is 1.56. The van der Waals surface area contributed by atoms with Gasteiger partial charge in [-0.2, -0.15) is 0 Å². The summed E-state index contributed by atoms with van der Waals surface area (Å²) in [6.45, 7) is 2.95. The van der Waals surface area contributed by atoms with E-state index in [2.05, 4.69) is 36.2 Å². The number of rotatable bonds is 4. The number of amidine groups is 1. The fraction of sp³-hybridized carbons (Fsp3) is 0.190. The summed E-state index contributed by atoms with van der Waals surface area (Å²) in [5, 5.41) is 2.52. The minimum Gasteiger partial charge on any atom is -0.260 e. The second-order valence-corrected chi connectivity index (χ2v) is 9.33. The summed E-state index contributed by atoms with van der Waals surface area (Å²) in [5.74, 6) is 0.697. The van der Waals surface area contributed by atoms with Crippen LogP contribution in [0.4, 0.5) is 0 Å². The molecule has 0 saturated carbocycles. The van der Waals surface area contributed by atoms with Gasteiger partial charge in [0, 0.05) is 5.75 Å². The SMILES string of the molecule is Cc1ccc(CSC2=NCCN2S(=O)(=O)c2ccc3ccccc3c2)cc1. The van der Waals surface area contributed by atoms with Crippen LogP contribution in [0.15, 0.2) is 76.6 Å².